The Labute approximate surface area is 161 Å². The molecule has 0 bridgehead atoms. The molecular weight excluding hydrogens is 336 g/mol. The third-order valence-corrected chi connectivity index (χ3v) is 6.78. The molecule has 0 spiro atoms. The summed E-state index contributed by atoms with van der Waals surface area (Å²) >= 11 is 0. The number of aromatic nitrogens is 2. The number of hydrogen-bond donors (Lipinski definition) is 2. The van der Waals surface area contributed by atoms with E-state index in [1.165, 1.54) is 64.5 Å². The molecule has 2 aliphatic rings. The maximum Gasteiger partial charge on any atom is 0.258 e. The molecule has 0 amide bonds. The highest BCUT2D eigenvalue weighted by Crippen LogP contribution is 2.25. The van der Waals surface area contributed by atoms with Crippen LogP contribution in [0.5, 0.6) is 0 Å². The quantitative estimate of drug-likeness (QED) is 0.819. The van der Waals surface area contributed by atoms with Crippen molar-refractivity contribution in [1.29, 1.82) is 0 Å². The molecule has 1 saturated carbocycles. The summed E-state index contributed by atoms with van der Waals surface area (Å²) in [5.41, 5.74) is 3.28. The zero-order valence-electron chi connectivity index (χ0n) is 16.7. The second-order valence-electron chi connectivity index (χ2n) is 8.72. The van der Waals surface area contributed by atoms with E-state index in [0.29, 0.717) is 5.54 Å². The van der Waals surface area contributed by atoms with Crippen molar-refractivity contribution in [3.8, 4) is 0 Å². The summed E-state index contributed by atoms with van der Waals surface area (Å²) in [5.74, 6) is 0. The van der Waals surface area contributed by atoms with Crippen molar-refractivity contribution in [3.63, 3.8) is 0 Å². The lowest BCUT2D eigenvalue weighted by Crippen LogP contribution is -3.23. The van der Waals surface area contributed by atoms with E-state index in [2.05, 4.69) is 5.32 Å². The number of likely N-dealkylation sites (tertiary alicyclic amines) is 1. The lowest BCUT2D eigenvalue weighted by atomic mass is 9.79. The van der Waals surface area contributed by atoms with E-state index in [1.807, 2.05) is 30.2 Å². The third kappa shape index (κ3) is 4.09. The number of piperidine rings is 1. The van der Waals surface area contributed by atoms with Crippen LogP contribution in [0.2, 0.25) is 0 Å². The van der Waals surface area contributed by atoms with Crippen LogP contribution < -0.4 is 15.8 Å². The summed E-state index contributed by atoms with van der Waals surface area (Å²) in [6, 6.07) is 5.65. The lowest BCUT2D eigenvalue weighted by Gasteiger charge is -2.43. The number of fused-ring (bicyclic) bond motifs is 1. The molecule has 5 nitrogen and oxygen atoms in total. The first kappa shape index (κ1) is 18.6. The Bertz CT molecular complexity index is 832. The largest absolute Gasteiger partial charge is 0.336 e. The smallest absolute Gasteiger partial charge is 0.258 e. The number of hydrogen-bond acceptors (Lipinski definition) is 2. The molecule has 1 saturated heterocycles. The van der Waals surface area contributed by atoms with Crippen LogP contribution in [0.15, 0.2) is 29.2 Å². The molecule has 1 aliphatic carbocycles. The van der Waals surface area contributed by atoms with Crippen molar-refractivity contribution in [2.45, 2.75) is 70.4 Å². The van der Waals surface area contributed by atoms with Gasteiger partial charge in [0.25, 0.3) is 5.56 Å². The monoisotopic (exact) mass is 370 g/mol. The van der Waals surface area contributed by atoms with E-state index in [-0.39, 0.29) is 5.56 Å². The van der Waals surface area contributed by atoms with Gasteiger partial charge in [-0.05, 0) is 56.7 Å². The van der Waals surface area contributed by atoms with Gasteiger partial charge in [0.2, 0.25) is 0 Å². The minimum atomic E-state index is 0.0254. The van der Waals surface area contributed by atoms with Gasteiger partial charge in [0, 0.05) is 25.1 Å². The number of rotatable bonds is 5. The number of nitrogens with zero attached hydrogens (tertiary/aromatic N) is 2. The summed E-state index contributed by atoms with van der Waals surface area (Å²) in [6.07, 6.45) is 12.9. The summed E-state index contributed by atoms with van der Waals surface area (Å²) in [6.45, 7) is 6.70. The molecule has 5 heteroatoms. The van der Waals surface area contributed by atoms with Crippen LogP contribution in [0.4, 0.5) is 0 Å². The molecule has 0 aromatic carbocycles. The zero-order valence-corrected chi connectivity index (χ0v) is 16.7. The maximum atomic E-state index is 12.4. The molecule has 0 atom stereocenters. The molecule has 3 N–H and O–H groups in total. The number of nitrogens with one attached hydrogen (secondary N) is 1. The molecule has 1 aliphatic heterocycles. The van der Waals surface area contributed by atoms with E-state index in [1.54, 1.807) is 10.5 Å². The van der Waals surface area contributed by atoms with Crippen molar-refractivity contribution in [2.75, 3.05) is 19.6 Å². The van der Waals surface area contributed by atoms with E-state index < -0.39 is 0 Å². The molecule has 146 valence electrons. The summed E-state index contributed by atoms with van der Waals surface area (Å²) in [5, 5.41) is 2.42. The zero-order chi connectivity index (χ0) is 18.7. The Morgan fingerprint density at radius 1 is 1.11 bits per heavy atom. The van der Waals surface area contributed by atoms with Gasteiger partial charge in [0.1, 0.15) is 30.0 Å². The Morgan fingerprint density at radius 2 is 1.85 bits per heavy atom. The Hall–Kier alpha value is -1.72. The summed E-state index contributed by atoms with van der Waals surface area (Å²) in [7, 11) is 0. The van der Waals surface area contributed by atoms with Crippen LogP contribution in [-0.4, -0.2) is 34.6 Å². The number of quaternary nitrogens is 2. The molecule has 4 rings (SSSR count). The van der Waals surface area contributed by atoms with Gasteiger partial charge in [0.05, 0.1) is 13.1 Å². The first-order valence-corrected chi connectivity index (χ1v) is 10.8. The van der Waals surface area contributed by atoms with Gasteiger partial charge < -0.3 is 10.2 Å². The van der Waals surface area contributed by atoms with Crippen molar-refractivity contribution in [1.82, 2.24) is 9.38 Å². The van der Waals surface area contributed by atoms with Crippen LogP contribution in [0.3, 0.4) is 0 Å². The molecule has 0 unspecified atom stereocenters. The average molecular weight is 371 g/mol. The minimum absolute atomic E-state index is 0.0254. The first-order chi connectivity index (χ1) is 13.2. The van der Waals surface area contributed by atoms with E-state index >= 15 is 0 Å². The second kappa shape index (κ2) is 8.11. The topological polar surface area (TPSA) is 55.4 Å². The normalized spacial score (nSPS) is 20.8. The molecule has 3 heterocycles. The van der Waals surface area contributed by atoms with Gasteiger partial charge in [-0.15, -0.1) is 0 Å². The average Bonchev–Trinajstić information content (AvgIpc) is 2.69. The Kier molecular flexibility index (Phi) is 5.60. The van der Waals surface area contributed by atoms with Gasteiger partial charge in [-0.1, -0.05) is 6.42 Å². The van der Waals surface area contributed by atoms with E-state index in [0.717, 1.165) is 30.0 Å². The second-order valence-corrected chi connectivity index (χ2v) is 8.72. The minimum Gasteiger partial charge on any atom is -0.336 e. The molecule has 2 fully saturated rings. The van der Waals surface area contributed by atoms with Gasteiger partial charge in [-0.25, -0.2) is 4.98 Å². The number of nitrogens with two attached hydrogens (primary N) is 1. The highest BCUT2D eigenvalue weighted by molar-refractivity contribution is 5.41. The van der Waals surface area contributed by atoms with E-state index in [9.17, 15) is 4.79 Å². The fraction of sp³-hybridized carbons (Fsp3) is 0.636. The highest BCUT2D eigenvalue weighted by atomic mass is 16.1. The fourth-order valence-electron chi connectivity index (χ4n) is 5.29. The van der Waals surface area contributed by atoms with Crippen LogP contribution in [-0.2, 0) is 6.54 Å². The van der Waals surface area contributed by atoms with Crippen molar-refractivity contribution < 1.29 is 10.2 Å². The van der Waals surface area contributed by atoms with Gasteiger partial charge in [0.15, 0.2) is 0 Å². The number of aryl methyl sites for hydroxylation is 1. The van der Waals surface area contributed by atoms with Gasteiger partial charge in [-0.2, -0.15) is 0 Å². The highest BCUT2D eigenvalue weighted by Gasteiger charge is 2.43. The van der Waals surface area contributed by atoms with E-state index in [4.69, 9.17) is 4.98 Å². The van der Waals surface area contributed by atoms with Gasteiger partial charge in [-0.3, -0.25) is 9.20 Å². The predicted octanol–water partition coefficient (Wildman–Crippen LogP) is 0.838. The molecule has 2 aromatic rings. The standard InChI is InChI=1S/C22H32N4O/c1-18-8-13-26-20(14-18)24-19(15-21(26)27)16-23-17-22(9-4-2-5-10-22)25-11-6-3-7-12-25/h8,13-15,23H,2-7,9-12,16-17H2,1H3/p+2. The lowest BCUT2D eigenvalue weighted by molar-refractivity contribution is -0.973. The first-order valence-electron chi connectivity index (χ1n) is 10.8. The van der Waals surface area contributed by atoms with Crippen LogP contribution >= 0.6 is 0 Å². The van der Waals surface area contributed by atoms with Crippen LogP contribution in [0, 0.1) is 6.92 Å². The van der Waals surface area contributed by atoms with Crippen molar-refractivity contribution in [3.05, 3.63) is 46.0 Å². The van der Waals surface area contributed by atoms with Crippen LogP contribution in [0.1, 0.15) is 62.6 Å². The van der Waals surface area contributed by atoms with Crippen molar-refractivity contribution >= 4 is 5.65 Å². The molecular formula is C22H34N4O+2. The molecule has 0 radical (unpaired) electrons. The van der Waals surface area contributed by atoms with Crippen LogP contribution in [0.25, 0.3) is 5.65 Å². The molecule has 2 aromatic heterocycles. The SMILES string of the molecule is Cc1ccn2c(=O)cc(C[NH2+]CC3([NH+]4CCCCC4)CCCCC3)nc2c1. The maximum absolute atomic E-state index is 12.4. The fourth-order valence-corrected chi connectivity index (χ4v) is 5.29. The summed E-state index contributed by atoms with van der Waals surface area (Å²) < 4.78 is 1.64. The van der Waals surface area contributed by atoms with Gasteiger partial charge >= 0.3 is 0 Å². The Balaban J connectivity index is 1.47. The summed E-state index contributed by atoms with van der Waals surface area (Å²) in [4.78, 5) is 19.0. The number of pyridine rings is 1. The molecule has 27 heavy (non-hydrogen) atoms. The third-order valence-electron chi connectivity index (χ3n) is 6.78. The van der Waals surface area contributed by atoms with Crippen molar-refractivity contribution in [2.24, 2.45) is 0 Å². The Morgan fingerprint density at radius 3 is 2.63 bits per heavy atom. The predicted molar refractivity (Wildman–Crippen MR) is 107 cm³/mol.